The van der Waals surface area contributed by atoms with Gasteiger partial charge in [0, 0.05) is 12.0 Å². The van der Waals surface area contributed by atoms with E-state index in [1.165, 1.54) is 0 Å². The van der Waals surface area contributed by atoms with Crippen molar-refractivity contribution in [2.45, 2.75) is 24.9 Å². The molecular weight excluding hydrogens is 164 g/mol. The molecule has 0 amide bonds. The Kier molecular flexibility index (Phi) is 1.93. The second kappa shape index (κ2) is 2.96. The van der Waals surface area contributed by atoms with Gasteiger partial charge in [-0.1, -0.05) is 30.3 Å². The van der Waals surface area contributed by atoms with E-state index >= 15 is 0 Å². The van der Waals surface area contributed by atoms with Gasteiger partial charge in [0.2, 0.25) is 0 Å². The number of benzene rings is 1. The molecule has 1 aromatic carbocycles. The number of carbonyl (C=O) groups is 1. The van der Waals surface area contributed by atoms with Crippen molar-refractivity contribution in [3.8, 4) is 0 Å². The SMILES string of the molecule is O=C(CC1(O)CC1)c1ccccc1. The maximum atomic E-state index is 11.5. The van der Waals surface area contributed by atoms with Gasteiger partial charge in [-0.15, -0.1) is 0 Å². The normalized spacial score (nSPS) is 18.2. The Hall–Kier alpha value is -1.15. The monoisotopic (exact) mass is 176 g/mol. The maximum Gasteiger partial charge on any atom is 0.165 e. The van der Waals surface area contributed by atoms with E-state index in [2.05, 4.69) is 0 Å². The average molecular weight is 176 g/mol. The molecule has 1 aromatic rings. The van der Waals surface area contributed by atoms with Crippen LogP contribution in [0.3, 0.4) is 0 Å². The lowest BCUT2D eigenvalue weighted by atomic mass is 10.0. The van der Waals surface area contributed by atoms with E-state index in [1.807, 2.05) is 18.2 Å². The van der Waals surface area contributed by atoms with Crippen LogP contribution in [0.2, 0.25) is 0 Å². The largest absolute Gasteiger partial charge is 0.389 e. The highest BCUT2D eigenvalue weighted by atomic mass is 16.3. The molecule has 2 heteroatoms. The van der Waals surface area contributed by atoms with E-state index in [9.17, 15) is 9.90 Å². The highest BCUT2D eigenvalue weighted by Crippen LogP contribution is 2.39. The van der Waals surface area contributed by atoms with E-state index in [-0.39, 0.29) is 12.2 Å². The van der Waals surface area contributed by atoms with Crippen molar-refractivity contribution in [2.24, 2.45) is 0 Å². The molecule has 0 atom stereocenters. The molecule has 1 saturated carbocycles. The molecule has 2 nitrogen and oxygen atoms in total. The van der Waals surface area contributed by atoms with Gasteiger partial charge < -0.3 is 5.11 Å². The van der Waals surface area contributed by atoms with Gasteiger partial charge >= 0.3 is 0 Å². The van der Waals surface area contributed by atoms with Crippen LogP contribution in [0.1, 0.15) is 29.6 Å². The van der Waals surface area contributed by atoms with Crippen LogP contribution in [0.15, 0.2) is 30.3 Å². The summed E-state index contributed by atoms with van der Waals surface area (Å²) in [5, 5.41) is 9.54. The lowest BCUT2D eigenvalue weighted by Gasteiger charge is -2.05. The van der Waals surface area contributed by atoms with Crippen LogP contribution < -0.4 is 0 Å². The number of carbonyl (C=O) groups excluding carboxylic acids is 1. The Morgan fingerprint density at radius 2 is 1.92 bits per heavy atom. The molecule has 0 heterocycles. The smallest absolute Gasteiger partial charge is 0.165 e. The van der Waals surface area contributed by atoms with Gasteiger partial charge in [-0.2, -0.15) is 0 Å². The Morgan fingerprint density at radius 1 is 1.31 bits per heavy atom. The molecule has 13 heavy (non-hydrogen) atoms. The molecule has 1 aliphatic rings. The zero-order chi connectivity index (χ0) is 9.31. The summed E-state index contributed by atoms with van der Waals surface area (Å²) in [5.41, 5.74) is 0.0234. The number of aliphatic hydroxyl groups is 1. The van der Waals surface area contributed by atoms with Gasteiger partial charge in [0.25, 0.3) is 0 Å². The molecule has 0 saturated heterocycles. The van der Waals surface area contributed by atoms with E-state index in [0.29, 0.717) is 5.56 Å². The Labute approximate surface area is 77.2 Å². The second-order valence-electron chi connectivity index (χ2n) is 3.69. The van der Waals surface area contributed by atoms with E-state index in [4.69, 9.17) is 0 Å². The van der Waals surface area contributed by atoms with Crippen molar-refractivity contribution in [2.75, 3.05) is 0 Å². The van der Waals surface area contributed by atoms with Crippen LogP contribution in [0.25, 0.3) is 0 Å². The van der Waals surface area contributed by atoms with Crippen LogP contribution in [0, 0.1) is 0 Å². The zero-order valence-electron chi connectivity index (χ0n) is 7.36. The second-order valence-corrected chi connectivity index (χ2v) is 3.69. The molecule has 1 aliphatic carbocycles. The number of rotatable bonds is 3. The van der Waals surface area contributed by atoms with Crippen molar-refractivity contribution < 1.29 is 9.90 Å². The van der Waals surface area contributed by atoms with E-state index in [1.54, 1.807) is 12.1 Å². The highest BCUT2D eigenvalue weighted by molar-refractivity contribution is 5.96. The summed E-state index contributed by atoms with van der Waals surface area (Å²) in [7, 11) is 0. The number of hydrogen-bond acceptors (Lipinski definition) is 2. The Balaban J connectivity index is 2.06. The third-order valence-electron chi connectivity index (χ3n) is 2.41. The summed E-state index contributed by atoms with van der Waals surface area (Å²) in [4.78, 5) is 11.5. The summed E-state index contributed by atoms with van der Waals surface area (Å²) in [6, 6.07) is 9.12. The van der Waals surface area contributed by atoms with Crippen molar-refractivity contribution >= 4 is 5.78 Å². The molecule has 1 N–H and O–H groups in total. The molecular formula is C11H12O2. The van der Waals surface area contributed by atoms with Crippen LogP contribution in [0.4, 0.5) is 0 Å². The summed E-state index contributed by atoms with van der Waals surface area (Å²) in [5.74, 6) is 0.0422. The first-order chi connectivity index (χ1) is 6.20. The lowest BCUT2D eigenvalue weighted by Crippen LogP contribution is -2.14. The van der Waals surface area contributed by atoms with E-state index < -0.39 is 5.60 Å². The van der Waals surface area contributed by atoms with Gasteiger partial charge in [0.05, 0.1) is 5.60 Å². The molecule has 0 aromatic heterocycles. The number of Topliss-reactive ketones (excluding diaryl/α,β-unsaturated/α-hetero) is 1. The molecule has 0 spiro atoms. The third kappa shape index (κ3) is 1.95. The first-order valence-corrected chi connectivity index (χ1v) is 4.50. The minimum Gasteiger partial charge on any atom is -0.389 e. The summed E-state index contributed by atoms with van der Waals surface area (Å²) >= 11 is 0. The predicted octanol–water partition coefficient (Wildman–Crippen LogP) is 1.78. The summed E-state index contributed by atoms with van der Waals surface area (Å²) in [6.45, 7) is 0. The fraction of sp³-hybridized carbons (Fsp3) is 0.364. The highest BCUT2D eigenvalue weighted by Gasteiger charge is 2.42. The molecule has 0 unspecified atom stereocenters. The average Bonchev–Trinajstić information content (AvgIpc) is 2.85. The topological polar surface area (TPSA) is 37.3 Å². The lowest BCUT2D eigenvalue weighted by molar-refractivity contribution is 0.0838. The summed E-state index contributed by atoms with van der Waals surface area (Å²) in [6.07, 6.45) is 1.81. The van der Waals surface area contributed by atoms with Gasteiger partial charge in [0.15, 0.2) is 5.78 Å². The fourth-order valence-electron chi connectivity index (χ4n) is 1.35. The Bertz CT molecular complexity index is 312. The van der Waals surface area contributed by atoms with Crippen molar-refractivity contribution in [3.63, 3.8) is 0 Å². The van der Waals surface area contributed by atoms with E-state index in [0.717, 1.165) is 12.8 Å². The van der Waals surface area contributed by atoms with Crippen LogP contribution >= 0.6 is 0 Å². The third-order valence-corrected chi connectivity index (χ3v) is 2.41. The predicted molar refractivity (Wildman–Crippen MR) is 49.6 cm³/mol. The van der Waals surface area contributed by atoms with Crippen molar-refractivity contribution in [3.05, 3.63) is 35.9 Å². The molecule has 1 fully saturated rings. The van der Waals surface area contributed by atoms with Gasteiger partial charge in [0.1, 0.15) is 0 Å². The zero-order valence-corrected chi connectivity index (χ0v) is 7.36. The minimum absolute atomic E-state index is 0.0422. The van der Waals surface area contributed by atoms with Crippen molar-refractivity contribution in [1.82, 2.24) is 0 Å². The van der Waals surface area contributed by atoms with Gasteiger partial charge in [-0.25, -0.2) is 0 Å². The standard InChI is InChI=1S/C11H12O2/c12-10(8-11(13)6-7-11)9-4-2-1-3-5-9/h1-5,13H,6-8H2. The molecule has 0 radical (unpaired) electrons. The maximum absolute atomic E-state index is 11.5. The van der Waals surface area contributed by atoms with Gasteiger partial charge in [-0.3, -0.25) is 4.79 Å². The quantitative estimate of drug-likeness (QED) is 0.713. The van der Waals surface area contributed by atoms with Crippen LogP contribution in [0.5, 0.6) is 0 Å². The molecule has 2 rings (SSSR count). The van der Waals surface area contributed by atoms with Crippen LogP contribution in [-0.2, 0) is 0 Å². The van der Waals surface area contributed by atoms with Gasteiger partial charge in [-0.05, 0) is 12.8 Å². The Morgan fingerprint density at radius 3 is 2.46 bits per heavy atom. The minimum atomic E-state index is -0.674. The first-order valence-electron chi connectivity index (χ1n) is 4.50. The fourth-order valence-corrected chi connectivity index (χ4v) is 1.35. The number of hydrogen-bond donors (Lipinski definition) is 1. The molecule has 0 aliphatic heterocycles. The molecule has 68 valence electrons. The number of ketones is 1. The summed E-state index contributed by atoms with van der Waals surface area (Å²) < 4.78 is 0. The van der Waals surface area contributed by atoms with Crippen molar-refractivity contribution in [1.29, 1.82) is 0 Å². The first kappa shape index (κ1) is 8.45. The van der Waals surface area contributed by atoms with Crippen LogP contribution in [-0.4, -0.2) is 16.5 Å². The molecule has 0 bridgehead atoms.